The van der Waals surface area contributed by atoms with E-state index in [1.165, 1.54) is 17.3 Å². The zero-order chi connectivity index (χ0) is 20.4. The van der Waals surface area contributed by atoms with E-state index in [4.69, 9.17) is 0 Å². The Balaban J connectivity index is 1.88. The Morgan fingerprint density at radius 2 is 1.61 bits per heavy atom. The van der Waals surface area contributed by atoms with E-state index in [1.807, 2.05) is 71.0 Å². The molecule has 0 spiro atoms. The van der Waals surface area contributed by atoms with Crippen LogP contribution in [0.2, 0.25) is 0 Å². The summed E-state index contributed by atoms with van der Waals surface area (Å²) in [7, 11) is 0. The summed E-state index contributed by atoms with van der Waals surface area (Å²) in [5, 5.41) is -0.0803. The normalized spacial score (nSPS) is 12.0. The van der Waals surface area contributed by atoms with Crippen LogP contribution in [0.3, 0.4) is 0 Å². The molecule has 0 saturated carbocycles. The lowest BCUT2D eigenvalue weighted by Gasteiger charge is -2.13. The highest BCUT2D eigenvalue weighted by atomic mass is 32.2. The van der Waals surface area contributed by atoms with Crippen LogP contribution in [0.25, 0.3) is 5.69 Å². The second kappa shape index (κ2) is 8.15. The molecule has 0 aliphatic carbocycles. The van der Waals surface area contributed by atoms with Crippen LogP contribution in [0.5, 0.6) is 0 Å². The van der Waals surface area contributed by atoms with E-state index >= 15 is 0 Å². The molecule has 2 aromatic carbocycles. The maximum absolute atomic E-state index is 12.9. The molecule has 0 N–H and O–H groups in total. The van der Waals surface area contributed by atoms with E-state index < -0.39 is 5.25 Å². The molecule has 0 aliphatic heterocycles. The Morgan fingerprint density at radius 1 is 0.964 bits per heavy atom. The Morgan fingerprint density at radius 3 is 2.25 bits per heavy atom. The fraction of sp³-hybridized carbons (Fsp3) is 0.261. The third kappa shape index (κ3) is 4.09. The van der Waals surface area contributed by atoms with Gasteiger partial charge in [0.15, 0.2) is 10.8 Å². The highest BCUT2D eigenvalue weighted by molar-refractivity contribution is 8.00. The first-order valence-corrected chi connectivity index (χ1v) is 10.1. The van der Waals surface area contributed by atoms with Gasteiger partial charge in [-0.2, -0.15) is 0 Å². The summed E-state index contributed by atoms with van der Waals surface area (Å²) in [6.45, 7) is 9.88. The van der Waals surface area contributed by atoms with Gasteiger partial charge < -0.3 is 0 Å². The first-order valence-electron chi connectivity index (χ1n) is 9.21. The number of aryl methyl sites for hydroxylation is 4. The molecule has 1 aromatic heterocycles. The average molecular weight is 393 g/mol. The molecule has 0 bridgehead atoms. The molecular weight excluding hydrogens is 368 g/mol. The minimum absolute atomic E-state index is 0.00381. The van der Waals surface area contributed by atoms with E-state index in [1.54, 1.807) is 17.0 Å². The van der Waals surface area contributed by atoms with Gasteiger partial charge in [-0.05, 0) is 75.1 Å². The third-order valence-corrected chi connectivity index (χ3v) is 6.10. The first-order chi connectivity index (χ1) is 13.3. The number of Topliss-reactive ketones (excluding diaryl/α,β-unsaturated/α-hetero) is 1. The van der Waals surface area contributed by atoms with Crippen molar-refractivity contribution in [2.45, 2.75) is 44.9 Å². The molecule has 1 unspecified atom stereocenters. The Bertz CT molecular complexity index is 1100. The number of carbonyl (C=O) groups excluding carboxylic acids is 1. The van der Waals surface area contributed by atoms with Crippen molar-refractivity contribution in [3.63, 3.8) is 0 Å². The van der Waals surface area contributed by atoms with Crippen LogP contribution in [0, 0.1) is 27.7 Å². The summed E-state index contributed by atoms with van der Waals surface area (Å²) in [5.41, 5.74) is 5.77. The second-order valence-electron chi connectivity index (χ2n) is 7.10. The second-order valence-corrected chi connectivity index (χ2v) is 8.43. The van der Waals surface area contributed by atoms with Crippen molar-refractivity contribution in [1.82, 2.24) is 9.55 Å². The summed E-state index contributed by atoms with van der Waals surface area (Å²) >= 11 is 1.21. The van der Waals surface area contributed by atoms with Gasteiger partial charge in [0.25, 0.3) is 5.56 Å². The summed E-state index contributed by atoms with van der Waals surface area (Å²) < 4.78 is 1.58. The van der Waals surface area contributed by atoms with Crippen LogP contribution in [-0.2, 0) is 0 Å². The molecular formula is C23H24N2O2S. The molecule has 3 rings (SSSR count). The number of hydrogen-bond donors (Lipinski definition) is 0. The van der Waals surface area contributed by atoms with Gasteiger partial charge >= 0.3 is 0 Å². The predicted molar refractivity (Wildman–Crippen MR) is 115 cm³/mol. The quantitative estimate of drug-likeness (QED) is 0.461. The molecule has 28 heavy (non-hydrogen) atoms. The molecule has 0 amide bonds. The maximum atomic E-state index is 12.9. The molecule has 3 aromatic rings. The lowest BCUT2D eigenvalue weighted by Crippen LogP contribution is -2.23. The van der Waals surface area contributed by atoms with Crippen molar-refractivity contribution in [3.8, 4) is 5.69 Å². The van der Waals surface area contributed by atoms with E-state index in [-0.39, 0.29) is 11.3 Å². The van der Waals surface area contributed by atoms with Crippen LogP contribution in [0.15, 0.2) is 58.6 Å². The molecule has 0 fully saturated rings. The Hall–Kier alpha value is -2.66. The minimum atomic E-state index is -0.405. The molecule has 144 valence electrons. The van der Waals surface area contributed by atoms with Gasteiger partial charge in [0.05, 0.1) is 5.25 Å². The van der Waals surface area contributed by atoms with Crippen LogP contribution < -0.4 is 5.56 Å². The smallest absolute Gasteiger partial charge is 0.287 e. The fourth-order valence-electron chi connectivity index (χ4n) is 2.90. The number of hydrogen-bond acceptors (Lipinski definition) is 4. The predicted octanol–water partition coefficient (Wildman–Crippen LogP) is 4.83. The monoisotopic (exact) mass is 392 g/mol. The Labute approximate surface area is 169 Å². The summed E-state index contributed by atoms with van der Waals surface area (Å²) in [6, 6.07) is 11.6. The number of ketones is 1. The van der Waals surface area contributed by atoms with E-state index in [2.05, 4.69) is 4.98 Å². The number of aromatic nitrogens is 2. The first kappa shape index (κ1) is 20.1. The van der Waals surface area contributed by atoms with Gasteiger partial charge in [-0.25, -0.2) is 4.98 Å². The summed E-state index contributed by atoms with van der Waals surface area (Å²) in [5.74, 6) is -0.00381. The van der Waals surface area contributed by atoms with E-state index in [0.717, 1.165) is 22.4 Å². The number of nitrogens with zero attached hydrogens (tertiary/aromatic N) is 2. The van der Waals surface area contributed by atoms with Crippen molar-refractivity contribution in [1.29, 1.82) is 0 Å². The molecule has 5 heteroatoms. The molecule has 4 nitrogen and oxygen atoms in total. The number of rotatable bonds is 5. The molecule has 1 heterocycles. The average Bonchev–Trinajstić information content (AvgIpc) is 2.67. The van der Waals surface area contributed by atoms with Gasteiger partial charge in [-0.3, -0.25) is 14.2 Å². The SMILES string of the molecule is Cc1ccc(C(=O)C(C)Sc2nccn(-c3ccc(C)c(C)c3)c2=O)cc1C. The maximum Gasteiger partial charge on any atom is 0.287 e. The third-order valence-electron chi connectivity index (χ3n) is 5.03. The molecule has 0 saturated heterocycles. The van der Waals surface area contributed by atoms with Crippen LogP contribution in [0.1, 0.15) is 39.5 Å². The van der Waals surface area contributed by atoms with Crippen molar-refractivity contribution in [2.24, 2.45) is 0 Å². The number of thioether (sulfide) groups is 1. The van der Waals surface area contributed by atoms with Crippen LogP contribution >= 0.6 is 11.8 Å². The van der Waals surface area contributed by atoms with Gasteiger partial charge in [-0.15, -0.1) is 0 Å². The van der Waals surface area contributed by atoms with Crippen molar-refractivity contribution in [2.75, 3.05) is 0 Å². The van der Waals surface area contributed by atoms with Gasteiger partial charge in [0.2, 0.25) is 0 Å². The van der Waals surface area contributed by atoms with Gasteiger partial charge in [0, 0.05) is 23.6 Å². The lowest BCUT2D eigenvalue weighted by molar-refractivity contribution is 0.0994. The zero-order valence-electron chi connectivity index (χ0n) is 16.8. The summed E-state index contributed by atoms with van der Waals surface area (Å²) in [4.78, 5) is 30.0. The highest BCUT2D eigenvalue weighted by Crippen LogP contribution is 2.23. The van der Waals surface area contributed by atoms with E-state index in [0.29, 0.717) is 10.6 Å². The number of carbonyl (C=O) groups is 1. The highest BCUT2D eigenvalue weighted by Gasteiger charge is 2.20. The molecule has 0 radical (unpaired) electrons. The standard InChI is InChI=1S/C23H24N2O2S/c1-14-6-8-19(12-16(14)3)21(26)18(5)28-22-23(27)25(11-10-24-22)20-9-7-15(2)17(4)13-20/h6-13,18H,1-5H3. The van der Waals surface area contributed by atoms with Gasteiger partial charge in [0.1, 0.15) is 0 Å². The molecule has 1 atom stereocenters. The zero-order valence-corrected chi connectivity index (χ0v) is 17.6. The minimum Gasteiger partial charge on any atom is -0.293 e. The summed E-state index contributed by atoms with van der Waals surface area (Å²) in [6.07, 6.45) is 3.26. The van der Waals surface area contributed by atoms with E-state index in [9.17, 15) is 9.59 Å². The Kier molecular flexibility index (Phi) is 5.84. The van der Waals surface area contributed by atoms with Crippen molar-refractivity contribution >= 4 is 17.5 Å². The van der Waals surface area contributed by atoms with Crippen LogP contribution in [-0.4, -0.2) is 20.6 Å². The fourth-order valence-corrected chi connectivity index (χ4v) is 3.80. The van der Waals surface area contributed by atoms with Crippen molar-refractivity contribution in [3.05, 3.63) is 87.0 Å². The van der Waals surface area contributed by atoms with Gasteiger partial charge in [-0.1, -0.05) is 30.0 Å². The van der Waals surface area contributed by atoms with Crippen molar-refractivity contribution < 1.29 is 4.79 Å². The number of benzene rings is 2. The molecule has 0 aliphatic rings. The van der Waals surface area contributed by atoms with Crippen LogP contribution in [0.4, 0.5) is 0 Å². The topological polar surface area (TPSA) is 52.0 Å². The lowest BCUT2D eigenvalue weighted by atomic mass is 10.0. The largest absolute Gasteiger partial charge is 0.293 e.